The molecule has 0 bridgehead atoms. The van der Waals surface area contributed by atoms with Crippen molar-refractivity contribution in [1.82, 2.24) is 20.0 Å². The Kier molecular flexibility index (Phi) is 8.19. The van der Waals surface area contributed by atoms with Crippen molar-refractivity contribution in [2.24, 2.45) is 4.99 Å². The van der Waals surface area contributed by atoms with Crippen molar-refractivity contribution in [1.29, 1.82) is 0 Å². The summed E-state index contributed by atoms with van der Waals surface area (Å²) in [6.07, 6.45) is 3.76. The van der Waals surface area contributed by atoms with Crippen LogP contribution in [0.25, 0.3) is 0 Å². The van der Waals surface area contributed by atoms with Gasteiger partial charge in [-0.15, -0.1) is 0 Å². The van der Waals surface area contributed by atoms with Crippen molar-refractivity contribution < 1.29 is 9.47 Å². The first kappa shape index (κ1) is 22.5. The average Bonchev–Trinajstić information content (AvgIpc) is 3.36. The third-order valence-corrected chi connectivity index (χ3v) is 6.77. The van der Waals surface area contributed by atoms with Crippen LogP contribution in [0.3, 0.4) is 0 Å². The fourth-order valence-electron chi connectivity index (χ4n) is 5.02. The molecule has 172 valence electrons. The Morgan fingerprint density at radius 3 is 2.68 bits per heavy atom. The van der Waals surface area contributed by atoms with Crippen molar-refractivity contribution in [3.8, 4) is 0 Å². The fraction of sp³-hybridized carbons (Fsp3) is 0.708. The highest BCUT2D eigenvalue weighted by atomic mass is 16.5. The van der Waals surface area contributed by atoms with E-state index < -0.39 is 0 Å². The molecule has 3 heterocycles. The summed E-state index contributed by atoms with van der Waals surface area (Å²) < 4.78 is 11.8. The minimum Gasteiger partial charge on any atom is -0.375 e. The normalized spacial score (nSPS) is 28.8. The first-order valence-corrected chi connectivity index (χ1v) is 11.9. The highest BCUT2D eigenvalue weighted by molar-refractivity contribution is 5.80. The third-order valence-electron chi connectivity index (χ3n) is 6.77. The van der Waals surface area contributed by atoms with Crippen molar-refractivity contribution in [2.75, 3.05) is 73.1 Å². The monoisotopic (exact) mass is 429 g/mol. The van der Waals surface area contributed by atoms with E-state index in [9.17, 15) is 0 Å². The molecule has 3 aliphatic rings. The fourth-order valence-corrected chi connectivity index (χ4v) is 5.02. The maximum Gasteiger partial charge on any atom is 0.193 e. The summed E-state index contributed by atoms with van der Waals surface area (Å²) in [6, 6.07) is 11.4. The van der Waals surface area contributed by atoms with Crippen LogP contribution in [0.4, 0.5) is 0 Å². The SMILES string of the molecule is CN=C(NCCCN1CCN(C)CC1c1ccccc1)N1CCOC(C2CCCO2)C1. The van der Waals surface area contributed by atoms with E-state index >= 15 is 0 Å². The van der Waals surface area contributed by atoms with E-state index in [2.05, 4.69) is 62.4 Å². The molecule has 3 unspecified atom stereocenters. The van der Waals surface area contributed by atoms with Crippen molar-refractivity contribution in [2.45, 2.75) is 37.5 Å². The number of guanidine groups is 1. The molecule has 0 aromatic heterocycles. The number of hydrogen-bond acceptors (Lipinski definition) is 5. The summed E-state index contributed by atoms with van der Waals surface area (Å²) in [5.74, 6) is 0.990. The zero-order valence-corrected chi connectivity index (χ0v) is 19.2. The molecule has 3 fully saturated rings. The molecule has 4 rings (SSSR count). The number of nitrogens with zero attached hydrogens (tertiary/aromatic N) is 4. The molecular weight excluding hydrogens is 390 g/mol. The minimum absolute atomic E-state index is 0.159. The number of hydrogen-bond donors (Lipinski definition) is 1. The van der Waals surface area contributed by atoms with E-state index in [1.165, 1.54) is 5.56 Å². The topological polar surface area (TPSA) is 52.6 Å². The molecule has 3 saturated heterocycles. The Balaban J connectivity index is 1.25. The molecule has 0 aliphatic carbocycles. The van der Waals surface area contributed by atoms with E-state index in [0.29, 0.717) is 6.04 Å². The van der Waals surface area contributed by atoms with Crippen LogP contribution >= 0.6 is 0 Å². The molecule has 31 heavy (non-hydrogen) atoms. The van der Waals surface area contributed by atoms with Crippen LogP contribution in [0.1, 0.15) is 30.9 Å². The standard InChI is InChI=1S/C24H39N5O2/c1-25-24(29-15-17-31-23(19-29)22-10-6-16-30-22)26-11-7-12-28-14-13-27(2)18-21(28)20-8-4-3-5-9-20/h3-5,8-9,21-23H,6-7,10-19H2,1-2H3,(H,25,26). The molecule has 1 N–H and O–H groups in total. The number of rotatable bonds is 6. The highest BCUT2D eigenvalue weighted by Crippen LogP contribution is 2.25. The maximum atomic E-state index is 5.99. The van der Waals surface area contributed by atoms with Gasteiger partial charge in [-0.1, -0.05) is 30.3 Å². The number of benzene rings is 1. The van der Waals surface area contributed by atoms with Gasteiger partial charge in [0.25, 0.3) is 0 Å². The minimum atomic E-state index is 0.159. The maximum absolute atomic E-state index is 5.99. The van der Waals surface area contributed by atoms with Gasteiger partial charge in [-0.3, -0.25) is 9.89 Å². The van der Waals surface area contributed by atoms with Gasteiger partial charge in [0.05, 0.1) is 12.7 Å². The van der Waals surface area contributed by atoms with Crippen LogP contribution in [-0.2, 0) is 9.47 Å². The lowest BCUT2D eigenvalue weighted by molar-refractivity contribution is -0.0816. The Bertz CT molecular complexity index is 694. The van der Waals surface area contributed by atoms with E-state index in [1.807, 2.05) is 7.05 Å². The second kappa shape index (κ2) is 11.3. The van der Waals surface area contributed by atoms with Crippen LogP contribution in [0.2, 0.25) is 0 Å². The number of aliphatic imine (C=N–C) groups is 1. The van der Waals surface area contributed by atoms with Gasteiger partial charge in [-0.05, 0) is 31.9 Å². The third kappa shape index (κ3) is 5.98. The molecule has 0 spiro atoms. The quantitative estimate of drug-likeness (QED) is 0.423. The molecule has 3 atom stereocenters. The lowest BCUT2D eigenvalue weighted by atomic mass is 10.0. The Labute approximate surface area is 187 Å². The van der Waals surface area contributed by atoms with Gasteiger partial charge in [0.2, 0.25) is 0 Å². The number of likely N-dealkylation sites (N-methyl/N-ethyl adjacent to an activating group) is 1. The van der Waals surface area contributed by atoms with Crippen LogP contribution in [0, 0.1) is 0 Å². The number of piperazine rings is 1. The predicted octanol–water partition coefficient (Wildman–Crippen LogP) is 1.82. The average molecular weight is 430 g/mol. The van der Waals surface area contributed by atoms with E-state index in [0.717, 1.165) is 84.2 Å². The summed E-state index contributed by atoms with van der Waals surface area (Å²) in [5.41, 5.74) is 1.42. The Hall–Kier alpha value is -1.67. The highest BCUT2D eigenvalue weighted by Gasteiger charge is 2.32. The first-order chi connectivity index (χ1) is 15.2. The zero-order valence-electron chi connectivity index (χ0n) is 19.2. The summed E-state index contributed by atoms with van der Waals surface area (Å²) in [7, 11) is 4.11. The first-order valence-electron chi connectivity index (χ1n) is 11.9. The Morgan fingerprint density at radius 2 is 1.90 bits per heavy atom. The van der Waals surface area contributed by atoms with Gasteiger partial charge in [0.15, 0.2) is 5.96 Å². The largest absolute Gasteiger partial charge is 0.375 e. The molecular formula is C24H39N5O2. The second-order valence-corrected chi connectivity index (χ2v) is 8.96. The van der Waals surface area contributed by atoms with Crippen molar-refractivity contribution in [3.05, 3.63) is 35.9 Å². The number of ether oxygens (including phenoxy) is 2. The molecule has 1 aromatic rings. The number of nitrogens with one attached hydrogen (secondary N) is 1. The van der Waals surface area contributed by atoms with Gasteiger partial charge in [-0.25, -0.2) is 0 Å². The molecule has 7 heteroatoms. The van der Waals surface area contributed by atoms with Crippen molar-refractivity contribution in [3.63, 3.8) is 0 Å². The lowest BCUT2D eigenvalue weighted by Crippen LogP contribution is -2.53. The van der Waals surface area contributed by atoms with Gasteiger partial charge < -0.3 is 24.6 Å². The summed E-state index contributed by atoms with van der Waals surface area (Å²) in [6.45, 7) is 8.74. The van der Waals surface area contributed by atoms with E-state index in [1.54, 1.807) is 0 Å². The molecule has 0 radical (unpaired) electrons. The van der Waals surface area contributed by atoms with Gasteiger partial charge in [0, 0.05) is 65.5 Å². The molecule has 1 aromatic carbocycles. The summed E-state index contributed by atoms with van der Waals surface area (Å²) >= 11 is 0. The van der Waals surface area contributed by atoms with Crippen LogP contribution < -0.4 is 5.32 Å². The molecule has 7 nitrogen and oxygen atoms in total. The second-order valence-electron chi connectivity index (χ2n) is 8.96. The Morgan fingerprint density at radius 1 is 1.06 bits per heavy atom. The van der Waals surface area contributed by atoms with Crippen LogP contribution in [0.15, 0.2) is 35.3 Å². The van der Waals surface area contributed by atoms with Crippen LogP contribution in [-0.4, -0.2) is 106 Å². The molecule has 0 amide bonds. The number of morpholine rings is 1. The summed E-state index contributed by atoms with van der Waals surface area (Å²) in [5, 5.41) is 3.60. The molecule has 3 aliphatic heterocycles. The summed E-state index contributed by atoms with van der Waals surface area (Å²) in [4.78, 5) is 12.0. The van der Waals surface area contributed by atoms with E-state index in [-0.39, 0.29) is 12.2 Å². The van der Waals surface area contributed by atoms with Gasteiger partial charge >= 0.3 is 0 Å². The predicted molar refractivity (Wildman–Crippen MR) is 125 cm³/mol. The van der Waals surface area contributed by atoms with Gasteiger partial charge in [0.1, 0.15) is 6.10 Å². The van der Waals surface area contributed by atoms with Gasteiger partial charge in [-0.2, -0.15) is 0 Å². The van der Waals surface area contributed by atoms with Crippen molar-refractivity contribution >= 4 is 5.96 Å². The van der Waals surface area contributed by atoms with E-state index in [4.69, 9.17) is 9.47 Å². The van der Waals surface area contributed by atoms with Crippen LogP contribution in [0.5, 0.6) is 0 Å². The molecule has 0 saturated carbocycles. The zero-order chi connectivity index (χ0) is 21.5. The lowest BCUT2D eigenvalue weighted by Gasteiger charge is -2.40. The smallest absolute Gasteiger partial charge is 0.193 e.